The van der Waals surface area contributed by atoms with Gasteiger partial charge in [-0.3, -0.25) is 4.79 Å². The largest absolute Gasteiger partial charge is 0.325 e. The van der Waals surface area contributed by atoms with Crippen LogP contribution in [0.15, 0.2) is 34.7 Å². The molecule has 94 valence electrons. The third-order valence-electron chi connectivity index (χ3n) is 2.20. The Labute approximate surface area is 114 Å². The van der Waals surface area contributed by atoms with Gasteiger partial charge >= 0.3 is 0 Å². The van der Waals surface area contributed by atoms with Gasteiger partial charge in [-0.15, -0.1) is 10.2 Å². The van der Waals surface area contributed by atoms with Gasteiger partial charge in [-0.25, -0.2) is 0 Å². The van der Waals surface area contributed by atoms with Crippen LogP contribution in [0.5, 0.6) is 0 Å². The van der Waals surface area contributed by atoms with E-state index in [4.69, 9.17) is 0 Å². The number of amides is 1. The molecule has 1 heterocycles. The Morgan fingerprint density at radius 2 is 2.06 bits per heavy atom. The van der Waals surface area contributed by atoms with Gasteiger partial charge in [0.25, 0.3) is 0 Å². The van der Waals surface area contributed by atoms with E-state index >= 15 is 0 Å². The maximum Gasteiger partial charge on any atom is 0.237 e. The van der Waals surface area contributed by atoms with Crippen LogP contribution in [0.2, 0.25) is 0 Å². The average Bonchev–Trinajstić information content (AvgIpc) is 2.76. The summed E-state index contributed by atoms with van der Waals surface area (Å²) in [5.74, 6) is -0.0287. The van der Waals surface area contributed by atoms with Crippen LogP contribution >= 0.6 is 23.1 Å². The van der Waals surface area contributed by atoms with Crippen molar-refractivity contribution in [2.45, 2.75) is 23.4 Å². The molecule has 1 aromatic carbocycles. The maximum atomic E-state index is 11.9. The fourth-order valence-electron chi connectivity index (χ4n) is 1.30. The highest BCUT2D eigenvalue weighted by Gasteiger charge is 2.16. The van der Waals surface area contributed by atoms with E-state index in [2.05, 4.69) is 15.5 Å². The number of nitrogens with one attached hydrogen (secondary N) is 1. The number of rotatable bonds is 4. The van der Waals surface area contributed by atoms with Crippen LogP contribution < -0.4 is 5.32 Å². The zero-order chi connectivity index (χ0) is 13.0. The minimum atomic E-state index is -0.197. The number of aryl methyl sites for hydroxylation is 1. The highest BCUT2D eigenvalue weighted by molar-refractivity contribution is 8.02. The molecule has 0 fully saturated rings. The first-order chi connectivity index (χ1) is 8.65. The van der Waals surface area contributed by atoms with Crippen molar-refractivity contribution >= 4 is 34.7 Å². The molecule has 1 amide bonds. The lowest BCUT2D eigenvalue weighted by atomic mass is 10.3. The van der Waals surface area contributed by atoms with E-state index in [1.54, 1.807) is 0 Å². The first-order valence-corrected chi connectivity index (χ1v) is 7.17. The summed E-state index contributed by atoms with van der Waals surface area (Å²) in [6, 6.07) is 9.43. The molecule has 0 saturated carbocycles. The molecule has 0 aliphatic heterocycles. The van der Waals surface area contributed by atoms with E-state index in [9.17, 15) is 4.79 Å². The van der Waals surface area contributed by atoms with Crippen molar-refractivity contribution in [1.29, 1.82) is 0 Å². The van der Waals surface area contributed by atoms with E-state index in [0.717, 1.165) is 15.0 Å². The fourth-order valence-corrected chi connectivity index (χ4v) is 3.26. The van der Waals surface area contributed by atoms with Crippen LogP contribution in [0, 0.1) is 6.92 Å². The van der Waals surface area contributed by atoms with Crippen molar-refractivity contribution in [3.05, 3.63) is 35.3 Å². The Morgan fingerprint density at radius 1 is 1.33 bits per heavy atom. The van der Waals surface area contributed by atoms with E-state index in [1.807, 2.05) is 44.2 Å². The lowest BCUT2D eigenvalue weighted by Gasteiger charge is -2.09. The number of aromatic nitrogens is 2. The molecule has 0 saturated heterocycles. The van der Waals surface area contributed by atoms with E-state index < -0.39 is 0 Å². The molecule has 1 atom stereocenters. The number of carbonyl (C=O) groups excluding carboxylic acids is 1. The summed E-state index contributed by atoms with van der Waals surface area (Å²) in [5.41, 5.74) is 0.809. The Hall–Kier alpha value is -1.40. The van der Waals surface area contributed by atoms with Crippen LogP contribution in [-0.2, 0) is 4.79 Å². The minimum Gasteiger partial charge on any atom is -0.325 e. The highest BCUT2D eigenvalue weighted by atomic mass is 32.2. The third kappa shape index (κ3) is 3.54. The second kappa shape index (κ2) is 5.97. The van der Waals surface area contributed by atoms with Gasteiger partial charge in [-0.1, -0.05) is 41.3 Å². The smallest absolute Gasteiger partial charge is 0.237 e. The Kier molecular flexibility index (Phi) is 4.33. The molecule has 4 nitrogen and oxygen atoms in total. The zero-order valence-electron chi connectivity index (χ0n) is 10.1. The van der Waals surface area contributed by atoms with Crippen molar-refractivity contribution in [1.82, 2.24) is 10.2 Å². The van der Waals surface area contributed by atoms with Gasteiger partial charge in [0, 0.05) is 5.69 Å². The SMILES string of the molecule is Cc1nnc(SC(C)C(=O)Nc2ccccc2)s1. The standard InChI is InChI=1S/C12H13N3OS2/c1-8(17-12-15-14-9(2)18-12)11(16)13-10-6-4-3-5-7-10/h3-8H,1-2H3,(H,13,16). The summed E-state index contributed by atoms with van der Waals surface area (Å²) in [4.78, 5) is 11.9. The van der Waals surface area contributed by atoms with Crippen molar-refractivity contribution in [2.24, 2.45) is 0 Å². The van der Waals surface area contributed by atoms with Crippen LogP contribution in [0.3, 0.4) is 0 Å². The maximum absolute atomic E-state index is 11.9. The van der Waals surface area contributed by atoms with Crippen LogP contribution in [-0.4, -0.2) is 21.4 Å². The predicted octanol–water partition coefficient (Wildman–Crippen LogP) is 2.97. The molecular formula is C12H13N3OS2. The average molecular weight is 279 g/mol. The topological polar surface area (TPSA) is 54.9 Å². The second-order valence-electron chi connectivity index (χ2n) is 3.70. The van der Waals surface area contributed by atoms with Gasteiger partial charge in [0.05, 0.1) is 5.25 Å². The minimum absolute atomic E-state index is 0.0287. The molecule has 1 unspecified atom stereocenters. The molecule has 2 rings (SSSR count). The number of thioether (sulfide) groups is 1. The molecular weight excluding hydrogens is 266 g/mol. The molecule has 6 heteroatoms. The first-order valence-electron chi connectivity index (χ1n) is 5.48. The normalized spacial score (nSPS) is 12.1. The van der Waals surface area contributed by atoms with Crippen molar-refractivity contribution in [3.8, 4) is 0 Å². The van der Waals surface area contributed by atoms with E-state index in [0.29, 0.717) is 0 Å². The number of carbonyl (C=O) groups is 1. The number of para-hydroxylation sites is 1. The summed E-state index contributed by atoms with van der Waals surface area (Å²) < 4.78 is 0.822. The number of hydrogen-bond donors (Lipinski definition) is 1. The quantitative estimate of drug-likeness (QED) is 0.874. The van der Waals surface area contributed by atoms with Crippen molar-refractivity contribution in [3.63, 3.8) is 0 Å². The summed E-state index contributed by atoms with van der Waals surface area (Å²) >= 11 is 2.93. The zero-order valence-corrected chi connectivity index (χ0v) is 11.7. The summed E-state index contributed by atoms with van der Waals surface area (Å²) in [6.07, 6.45) is 0. The molecule has 1 N–H and O–H groups in total. The fraction of sp³-hybridized carbons (Fsp3) is 0.250. The highest BCUT2D eigenvalue weighted by Crippen LogP contribution is 2.26. The monoisotopic (exact) mass is 279 g/mol. The van der Waals surface area contributed by atoms with Crippen LogP contribution in [0.4, 0.5) is 5.69 Å². The third-order valence-corrected chi connectivity index (χ3v) is 4.22. The molecule has 0 aliphatic rings. The summed E-state index contributed by atoms with van der Waals surface area (Å²) in [7, 11) is 0. The Bertz CT molecular complexity index is 527. The van der Waals surface area contributed by atoms with Crippen molar-refractivity contribution < 1.29 is 4.79 Å². The molecule has 0 radical (unpaired) electrons. The molecule has 0 aliphatic carbocycles. The Morgan fingerprint density at radius 3 is 2.67 bits per heavy atom. The summed E-state index contributed by atoms with van der Waals surface area (Å²) in [5, 5.41) is 11.5. The Balaban J connectivity index is 1.93. The lowest BCUT2D eigenvalue weighted by Crippen LogP contribution is -2.22. The van der Waals surface area contributed by atoms with Gasteiger partial charge in [-0.2, -0.15) is 0 Å². The first kappa shape index (κ1) is 13.0. The number of benzene rings is 1. The number of nitrogens with zero attached hydrogens (tertiary/aromatic N) is 2. The predicted molar refractivity (Wildman–Crippen MR) is 75.0 cm³/mol. The molecule has 0 spiro atoms. The van der Waals surface area contributed by atoms with Crippen LogP contribution in [0.1, 0.15) is 11.9 Å². The van der Waals surface area contributed by atoms with Gasteiger partial charge < -0.3 is 5.32 Å². The second-order valence-corrected chi connectivity index (χ2v) is 6.47. The molecule has 2 aromatic rings. The molecule has 18 heavy (non-hydrogen) atoms. The number of hydrogen-bond acceptors (Lipinski definition) is 5. The van der Waals surface area contributed by atoms with Gasteiger partial charge in [0.15, 0.2) is 4.34 Å². The van der Waals surface area contributed by atoms with Gasteiger partial charge in [0.2, 0.25) is 5.91 Å². The molecule has 1 aromatic heterocycles. The van der Waals surface area contributed by atoms with E-state index in [1.165, 1.54) is 23.1 Å². The van der Waals surface area contributed by atoms with Crippen molar-refractivity contribution in [2.75, 3.05) is 5.32 Å². The number of anilines is 1. The van der Waals surface area contributed by atoms with Gasteiger partial charge in [-0.05, 0) is 26.0 Å². The van der Waals surface area contributed by atoms with Crippen LogP contribution in [0.25, 0.3) is 0 Å². The van der Waals surface area contributed by atoms with E-state index in [-0.39, 0.29) is 11.2 Å². The lowest BCUT2D eigenvalue weighted by molar-refractivity contribution is -0.115. The van der Waals surface area contributed by atoms with Gasteiger partial charge in [0.1, 0.15) is 5.01 Å². The summed E-state index contributed by atoms with van der Waals surface area (Å²) in [6.45, 7) is 3.76. The molecule has 0 bridgehead atoms.